The highest BCUT2D eigenvalue weighted by Crippen LogP contribution is 2.32. The van der Waals surface area contributed by atoms with Crippen molar-refractivity contribution in [2.45, 2.75) is 30.8 Å². The Morgan fingerprint density at radius 3 is 2.72 bits per heavy atom. The number of halogens is 1. The second-order valence-electron chi connectivity index (χ2n) is 4.69. The van der Waals surface area contributed by atoms with Crippen LogP contribution in [0.3, 0.4) is 0 Å². The van der Waals surface area contributed by atoms with Gasteiger partial charge in [0.05, 0.1) is 11.1 Å². The molecular formula is C12H16ClNO3S. The maximum Gasteiger partial charge on any atom is 0.242 e. The number of hydrogen-bond donors (Lipinski definition) is 2. The second kappa shape index (κ2) is 5.17. The molecule has 2 N–H and O–H groups in total. The first-order valence-corrected chi connectivity index (χ1v) is 7.70. The molecule has 0 aromatic heterocycles. The summed E-state index contributed by atoms with van der Waals surface area (Å²) in [4.78, 5) is 0.0535. The van der Waals surface area contributed by atoms with Crippen LogP contribution >= 0.6 is 11.6 Å². The molecule has 1 aromatic rings. The van der Waals surface area contributed by atoms with Gasteiger partial charge in [-0.1, -0.05) is 17.7 Å². The van der Waals surface area contributed by atoms with Crippen LogP contribution in [0.5, 0.6) is 0 Å². The summed E-state index contributed by atoms with van der Waals surface area (Å²) in [6.45, 7) is 1.88. The fraction of sp³-hybridized carbons (Fsp3) is 0.500. The Morgan fingerprint density at radius 2 is 2.17 bits per heavy atom. The van der Waals surface area contributed by atoms with E-state index in [4.69, 9.17) is 11.6 Å². The van der Waals surface area contributed by atoms with Gasteiger partial charge in [0, 0.05) is 6.54 Å². The Balaban J connectivity index is 2.09. The van der Waals surface area contributed by atoms with Crippen molar-refractivity contribution in [2.75, 3.05) is 6.54 Å². The molecule has 6 heteroatoms. The maximum atomic E-state index is 12.0. The highest BCUT2D eigenvalue weighted by molar-refractivity contribution is 7.89. The van der Waals surface area contributed by atoms with Gasteiger partial charge < -0.3 is 5.11 Å². The van der Waals surface area contributed by atoms with E-state index in [2.05, 4.69) is 4.72 Å². The second-order valence-corrected chi connectivity index (χ2v) is 6.83. The average Bonchev–Trinajstić information content (AvgIpc) is 3.09. The topological polar surface area (TPSA) is 66.4 Å². The van der Waals surface area contributed by atoms with Crippen molar-refractivity contribution in [2.24, 2.45) is 5.92 Å². The fourth-order valence-electron chi connectivity index (χ4n) is 1.74. The van der Waals surface area contributed by atoms with E-state index in [1.807, 2.05) is 6.92 Å². The molecule has 0 saturated heterocycles. The van der Waals surface area contributed by atoms with Gasteiger partial charge in [-0.05, 0) is 43.4 Å². The Morgan fingerprint density at radius 1 is 1.50 bits per heavy atom. The van der Waals surface area contributed by atoms with Crippen LogP contribution in [0, 0.1) is 12.8 Å². The van der Waals surface area contributed by atoms with E-state index in [1.54, 1.807) is 12.1 Å². The van der Waals surface area contributed by atoms with E-state index in [0.717, 1.165) is 18.4 Å². The highest BCUT2D eigenvalue weighted by atomic mass is 35.5. The number of benzene rings is 1. The molecule has 18 heavy (non-hydrogen) atoms. The molecule has 0 aliphatic heterocycles. The summed E-state index contributed by atoms with van der Waals surface area (Å²) >= 11 is 5.92. The number of sulfonamides is 1. The Kier molecular flexibility index (Phi) is 3.96. The van der Waals surface area contributed by atoms with Gasteiger partial charge in [0.15, 0.2) is 0 Å². The first-order chi connectivity index (χ1) is 8.40. The van der Waals surface area contributed by atoms with Crippen LogP contribution in [0.1, 0.15) is 18.4 Å². The zero-order chi connectivity index (χ0) is 13.3. The minimum absolute atomic E-state index is 0.0389. The minimum atomic E-state index is -3.65. The molecule has 1 atom stereocenters. The normalized spacial score (nSPS) is 17.7. The fourth-order valence-corrected chi connectivity index (χ4v) is 3.39. The van der Waals surface area contributed by atoms with Crippen molar-refractivity contribution in [3.63, 3.8) is 0 Å². The summed E-state index contributed by atoms with van der Waals surface area (Å²) in [7, 11) is -3.65. The van der Waals surface area contributed by atoms with Gasteiger partial charge >= 0.3 is 0 Å². The van der Waals surface area contributed by atoms with Crippen molar-refractivity contribution >= 4 is 21.6 Å². The smallest absolute Gasteiger partial charge is 0.242 e. The number of nitrogens with one attached hydrogen (secondary N) is 1. The van der Waals surface area contributed by atoms with Crippen LogP contribution in [0.4, 0.5) is 0 Å². The van der Waals surface area contributed by atoms with Crippen molar-refractivity contribution in [1.29, 1.82) is 0 Å². The summed E-state index contributed by atoms with van der Waals surface area (Å²) in [5.74, 6) is 0.237. The van der Waals surface area contributed by atoms with Crippen LogP contribution in [0.25, 0.3) is 0 Å². The van der Waals surface area contributed by atoms with Gasteiger partial charge in [-0.15, -0.1) is 0 Å². The standard InChI is InChI=1S/C12H16ClNO3S/c1-8-2-5-12(10(13)6-8)18(16,17)14-7-11(15)9-3-4-9/h2,5-6,9,11,14-15H,3-4,7H2,1H3. The third kappa shape index (κ3) is 3.23. The molecule has 0 amide bonds. The van der Waals surface area contributed by atoms with Gasteiger partial charge in [-0.25, -0.2) is 13.1 Å². The Hall–Kier alpha value is -0.620. The Labute approximate surface area is 112 Å². The molecule has 0 heterocycles. The molecule has 0 bridgehead atoms. The van der Waals surface area contributed by atoms with E-state index < -0.39 is 16.1 Å². The van der Waals surface area contributed by atoms with E-state index in [1.165, 1.54) is 6.07 Å². The number of aliphatic hydroxyl groups excluding tert-OH is 1. The van der Waals surface area contributed by atoms with Gasteiger partial charge in [0.25, 0.3) is 0 Å². The van der Waals surface area contributed by atoms with E-state index >= 15 is 0 Å². The molecule has 100 valence electrons. The number of rotatable bonds is 5. The molecule has 1 aliphatic carbocycles. The number of hydrogen-bond acceptors (Lipinski definition) is 3. The van der Waals surface area contributed by atoms with Crippen LogP contribution in [0.15, 0.2) is 23.1 Å². The maximum absolute atomic E-state index is 12.0. The summed E-state index contributed by atoms with van der Waals surface area (Å²) in [5.41, 5.74) is 0.900. The largest absolute Gasteiger partial charge is 0.391 e. The first-order valence-electron chi connectivity index (χ1n) is 5.84. The summed E-state index contributed by atoms with van der Waals surface area (Å²) in [5, 5.41) is 9.85. The molecule has 1 aromatic carbocycles. The number of aryl methyl sites for hydroxylation is 1. The lowest BCUT2D eigenvalue weighted by Crippen LogP contribution is -2.33. The molecule has 0 spiro atoms. The van der Waals surface area contributed by atoms with E-state index in [9.17, 15) is 13.5 Å². The van der Waals surface area contributed by atoms with Crippen molar-refractivity contribution in [1.82, 2.24) is 4.72 Å². The predicted octanol–water partition coefficient (Wildman–Crippen LogP) is 1.70. The third-order valence-electron chi connectivity index (χ3n) is 3.03. The zero-order valence-electron chi connectivity index (χ0n) is 10.1. The zero-order valence-corrected chi connectivity index (χ0v) is 11.6. The lowest BCUT2D eigenvalue weighted by molar-refractivity contribution is 0.155. The van der Waals surface area contributed by atoms with Gasteiger partial charge in [-0.2, -0.15) is 0 Å². The monoisotopic (exact) mass is 289 g/mol. The SMILES string of the molecule is Cc1ccc(S(=O)(=O)NCC(O)C2CC2)c(Cl)c1. The molecule has 1 unspecified atom stereocenters. The highest BCUT2D eigenvalue weighted by Gasteiger charge is 2.30. The summed E-state index contributed by atoms with van der Waals surface area (Å²) in [6.07, 6.45) is 1.33. The molecular weight excluding hydrogens is 274 g/mol. The van der Waals surface area contributed by atoms with Gasteiger partial charge in [-0.3, -0.25) is 0 Å². The van der Waals surface area contributed by atoms with Crippen LogP contribution in [-0.2, 0) is 10.0 Å². The molecule has 1 saturated carbocycles. The molecule has 0 radical (unpaired) electrons. The first kappa shape index (κ1) is 13.8. The lowest BCUT2D eigenvalue weighted by atomic mass is 10.2. The van der Waals surface area contributed by atoms with Crippen LogP contribution in [0.2, 0.25) is 5.02 Å². The van der Waals surface area contributed by atoms with Crippen molar-refractivity contribution in [3.05, 3.63) is 28.8 Å². The van der Waals surface area contributed by atoms with Crippen molar-refractivity contribution < 1.29 is 13.5 Å². The van der Waals surface area contributed by atoms with E-state index in [-0.39, 0.29) is 22.4 Å². The van der Waals surface area contributed by atoms with Gasteiger partial charge in [0.1, 0.15) is 4.90 Å². The van der Waals surface area contributed by atoms with Crippen LogP contribution in [-0.4, -0.2) is 26.2 Å². The van der Waals surface area contributed by atoms with Crippen LogP contribution < -0.4 is 4.72 Å². The molecule has 4 nitrogen and oxygen atoms in total. The summed E-state index contributed by atoms with van der Waals surface area (Å²) in [6, 6.07) is 4.77. The number of aliphatic hydroxyl groups is 1. The van der Waals surface area contributed by atoms with Gasteiger partial charge in [0.2, 0.25) is 10.0 Å². The molecule has 1 aliphatic rings. The predicted molar refractivity (Wildman–Crippen MR) is 70.1 cm³/mol. The Bertz CT molecular complexity index is 540. The lowest BCUT2D eigenvalue weighted by Gasteiger charge is -2.12. The summed E-state index contributed by atoms with van der Waals surface area (Å²) < 4.78 is 26.4. The van der Waals surface area contributed by atoms with Crippen molar-refractivity contribution in [3.8, 4) is 0 Å². The minimum Gasteiger partial charge on any atom is -0.391 e. The van der Waals surface area contributed by atoms with E-state index in [0.29, 0.717) is 0 Å². The quantitative estimate of drug-likeness (QED) is 0.867. The third-order valence-corrected chi connectivity index (χ3v) is 4.93. The average molecular weight is 290 g/mol. The molecule has 2 rings (SSSR count). The molecule has 1 fully saturated rings.